The molecule has 0 saturated heterocycles. The minimum atomic E-state index is -0.869. The van der Waals surface area contributed by atoms with Gasteiger partial charge in [0.25, 0.3) is 5.91 Å². The van der Waals surface area contributed by atoms with Crippen molar-refractivity contribution in [2.75, 3.05) is 21.3 Å². The van der Waals surface area contributed by atoms with E-state index in [1.807, 2.05) is 36.4 Å². The Morgan fingerprint density at radius 1 is 0.897 bits per heavy atom. The van der Waals surface area contributed by atoms with Gasteiger partial charge in [0.1, 0.15) is 5.75 Å². The van der Waals surface area contributed by atoms with Gasteiger partial charge in [-0.1, -0.05) is 18.2 Å². The van der Waals surface area contributed by atoms with Crippen LogP contribution in [0, 0.1) is 0 Å². The summed E-state index contributed by atoms with van der Waals surface area (Å²) in [5.41, 5.74) is 1.84. The third kappa shape index (κ3) is 6.71. The van der Waals surface area contributed by atoms with Crippen molar-refractivity contribution in [3.05, 3.63) is 53.6 Å². The number of benzene rings is 2. The van der Waals surface area contributed by atoms with Crippen LogP contribution in [0.3, 0.4) is 0 Å². The van der Waals surface area contributed by atoms with Crippen LogP contribution in [0.2, 0.25) is 0 Å². The normalized spacial score (nSPS) is 11.3. The molecule has 0 heterocycles. The maximum Gasteiger partial charge on any atom is 0.306 e. The fourth-order valence-electron chi connectivity index (χ4n) is 2.67. The molecule has 2 rings (SSSR count). The van der Waals surface area contributed by atoms with Gasteiger partial charge in [-0.15, -0.1) is 0 Å². The van der Waals surface area contributed by atoms with E-state index < -0.39 is 12.1 Å². The Morgan fingerprint density at radius 2 is 1.55 bits per heavy atom. The molecule has 0 spiro atoms. The summed E-state index contributed by atoms with van der Waals surface area (Å²) in [6.45, 7) is 1.90. The van der Waals surface area contributed by atoms with Crippen LogP contribution in [0.1, 0.15) is 24.5 Å². The number of methoxy groups -OCH3 is 3. The van der Waals surface area contributed by atoms with E-state index in [0.29, 0.717) is 24.5 Å². The summed E-state index contributed by atoms with van der Waals surface area (Å²) >= 11 is 0. The molecular formula is C22H27NO6. The van der Waals surface area contributed by atoms with Crippen LogP contribution in [-0.4, -0.2) is 39.3 Å². The molecule has 1 amide bonds. The minimum absolute atomic E-state index is 0.158. The zero-order chi connectivity index (χ0) is 21.2. The van der Waals surface area contributed by atoms with Gasteiger partial charge in [-0.2, -0.15) is 0 Å². The molecule has 0 aliphatic carbocycles. The number of hydrogen-bond acceptors (Lipinski definition) is 6. The molecule has 1 atom stereocenters. The molecule has 2 aromatic carbocycles. The SMILES string of the molecule is COc1ccc(CNC(=O)[C@H](C)OC(=O)CCc2ccc(OC)c(OC)c2)cc1. The maximum absolute atomic E-state index is 12.2. The van der Waals surface area contributed by atoms with Crippen molar-refractivity contribution in [2.24, 2.45) is 0 Å². The van der Waals surface area contributed by atoms with Crippen LogP contribution in [0.5, 0.6) is 17.2 Å². The smallest absolute Gasteiger partial charge is 0.306 e. The first kappa shape index (κ1) is 22.1. The first-order chi connectivity index (χ1) is 14.0. The highest BCUT2D eigenvalue weighted by Crippen LogP contribution is 2.28. The third-order valence-electron chi connectivity index (χ3n) is 4.37. The van der Waals surface area contributed by atoms with Crippen LogP contribution in [0.4, 0.5) is 0 Å². The van der Waals surface area contributed by atoms with E-state index >= 15 is 0 Å². The largest absolute Gasteiger partial charge is 0.497 e. The van der Waals surface area contributed by atoms with Crippen molar-refractivity contribution >= 4 is 11.9 Å². The van der Waals surface area contributed by atoms with Gasteiger partial charge in [0.05, 0.1) is 21.3 Å². The molecular weight excluding hydrogens is 374 g/mol. The van der Waals surface area contributed by atoms with E-state index in [1.165, 1.54) is 0 Å². The van der Waals surface area contributed by atoms with Gasteiger partial charge in [-0.3, -0.25) is 9.59 Å². The van der Waals surface area contributed by atoms with Crippen LogP contribution < -0.4 is 19.5 Å². The lowest BCUT2D eigenvalue weighted by Crippen LogP contribution is -2.35. The van der Waals surface area contributed by atoms with E-state index in [-0.39, 0.29) is 12.3 Å². The highest BCUT2D eigenvalue weighted by molar-refractivity contribution is 5.83. The van der Waals surface area contributed by atoms with Crippen molar-refractivity contribution in [3.63, 3.8) is 0 Å². The Morgan fingerprint density at radius 3 is 2.17 bits per heavy atom. The van der Waals surface area contributed by atoms with Crippen molar-refractivity contribution in [3.8, 4) is 17.2 Å². The van der Waals surface area contributed by atoms with Gasteiger partial charge in [-0.05, 0) is 48.7 Å². The minimum Gasteiger partial charge on any atom is -0.497 e. The predicted octanol–water partition coefficient (Wildman–Crippen LogP) is 2.89. The van der Waals surface area contributed by atoms with E-state index in [9.17, 15) is 9.59 Å². The molecule has 0 radical (unpaired) electrons. The highest BCUT2D eigenvalue weighted by Gasteiger charge is 2.17. The average Bonchev–Trinajstić information content (AvgIpc) is 2.75. The lowest BCUT2D eigenvalue weighted by molar-refractivity contribution is -0.154. The fraction of sp³-hybridized carbons (Fsp3) is 0.364. The van der Waals surface area contributed by atoms with Gasteiger partial charge >= 0.3 is 5.97 Å². The second-order valence-corrected chi connectivity index (χ2v) is 6.39. The zero-order valence-electron chi connectivity index (χ0n) is 17.2. The molecule has 0 fully saturated rings. The number of amides is 1. The number of hydrogen-bond donors (Lipinski definition) is 1. The molecule has 0 unspecified atom stereocenters. The second kappa shape index (κ2) is 10.9. The number of esters is 1. The average molecular weight is 401 g/mol. The lowest BCUT2D eigenvalue weighted by Gasteiger charge is -2.14. The number of rotatable bonds is 10. The molecule has 29 heavy (non-hydrogen) atoms. The molecule has 0 bridgehead atoms. The molecule has 2 aromatic rings. The van der Waals surface area contributed by atoms with Crippen molar-refractivity contribution < 1.29 is 28.5 Å². The number of aryl methyl sites for hydroxylation is 1. The monoisotopic (exact) mass is 401 g/mol. The van der Waals surface area contributed by atoms with Crippen molar-refractivity contribution in [1.82, 2.24) is 5.32 Å². The zero-order valence-corrected chi connectivity index (χ0v) is 17.2. The Balaban J connectivity index is 1.78. The summed E-state index contributed by atoms with van der Waals surface area (Å²) in [7, 11) is 4.72. The van der Waals surface area contributed by atoms with Crippen LogP contribution in [0.15, 0.2) is 42.5 Å². The van der Waals surface area contributed by atoms with Crippen molar-refractivity contribution in [2.45, 2.75) is 32.4 Å². The molecule has 7 heteroatoms. The van der Waals surface area contributed by atoms with Gasteiger partial charge in [-0.25, -0.2) is 0 Å². The molecule has 0 aromatic heterocycles. The summed E-state index contributed by atoms with van der Waals surface area (Å²) < 4.78 is 20.8. The Kier molecular flexibility index (Phi) is 8.33. The van der Waals surface area contributed by atoms with Crippen LogP contribution in [0.25, 0.3) is 0 Å². The molecule has 0 aliphatic rings. The predicted molar refractivity (Wildman–Crippen MR) is 108 cm³/mol. The quantitative estimate of drug-likeness (QED) is 0.617. The van der Waals surface area contributed by atoms with Gasteiger partial charge in [0.15, 0.2) is 17.6 Å². The Labute approximate surface area is 170 Å². The molecule has 7 nitrogen and oxygen atoms in total. The summed E-state index contributed by atoms with van der Waals surface area (Å²) in [6.07, 6.45) is -0.239. The number of ether oxygens (including phenoxy) is 4. The fourth-order valence-corrected chi connectivity index (χ4v) is 2.67. The van der Waals surface area contributed by atoms with E-state index in [0.717, 1.165) is 16.9 Å². The van der Waals surface area contributed by atoms with Gasteiger partial charge in [0.2, 0.25) is 0 Å². The van der Waals surface area contributed by atoms with E-state index in [1.54, 1.807) is 34.3 Å². The lowest BCUT2D eigenvalue weighted by atomic mass is 10.1. The van der Waals surface area contributed by atoms with Gasteiger partial charge in [0, 0.05) is 13.0 Å². The first-order valence-corrected chi connectivity index (χ1v) is 9.27. The molecule has 0 saturated carbocycles. The third-order valence-corrected chi connectivity index (χ3v) is 4.37. The maximum atomic E-state index is 12.2. The second-order valence-electron chi connectivity index (χ2n) is 6.39. The number of carbonyl (C=O) groups is 2. The van der Waals surface area contributed by atoms with E-state index in [4.69, 9.17) is 18.9 Å². The van der Waals surface area contributed by atoms with Crippen LogP contribution >= 0.6 is 0 Å². The summed E-state index contributed by atoms with van der Waals surface area (Å²) in [5.74, 6) is 1.19. The molecule has 1 N–H and O–H groups in total. The number of nitrogens with one attached hydrogen (secondary N) is 1. The first-order valence-electron chi connectivity index (χ1n) is 9.27. The number of carbonyl (C=O) groups excluding carboxylic acids is 2. The highest BCUT2D eigenvalue weighted by atomic mass is 16.5. The summed E-state index contributed by atoms with van der Waals surface area (Å²) in [4.78, 5) is 24.2. The summed E-state index contributed by atoms with van der Waals surface area (Å²) in [6, 6.07) is 12.8. The Bertz CT molecular complexity index is 819. The molecule has 0 aliphatic heterocycles. The topological polar surface area (TPSA) is 83.1 Å². The standard InChI is InChI=1S/C22H27NO6/c1-15(22(25)23-14-17-5-9-18(26-2)10-6-17)29-21(24)12-8-16-7-11-19(27-3)20(13-16)28-4/h5-7,9-11,13,15H,8,12,14H2,1-4H3,(H,23,25)/t15-/m0/s1. The van der Waals surface area contributed by atoms with Crippen molar-refractivity contribution in [1.29, 1.82) is 0 Å². The van der Waals surface area contributed by atoms with Gasteiger partial charge < -0.3 is 24.3 Å². The van der Waals surface area contributed by atoms with E-state index in [2.05, 4.69) is 5.32 Å². The van der Waals surface area contributed by atoms with Crippen LogP contribution in [-0.2, 0) is 27.3 Å². The summed E-state index contributed by atoms with van der Waals surface area (Å²) in [5, 5.41) is 2.76. The molecule has 156 valence electrons. The Hall–Kier alpha value is -3.22.